The van der Waals surface area contributed by atoms with Crippen LogP contribution < -0.4 is 5.73 Å². The summed E-state index contributed by atoms with van der Waals surface area (Å²) < 4.78 is 0. The van der Waals surface area contributed by atoms with Crippen LogP contribution in [0.15, 0.2) is 48.7 Å². The Hall–Kier alpha value is -2.40. The van der Waals surface area contributed by atoms with Crippen molar-refractivity contribution in [3.8, 4) is 0 Å². The van der Waals surface area contributed by atoms with Gasteiger partial charge in [-0.1, -0.05) is 36.4 Å². The second kappa shape index (κ2) is 7.46. The van der Waals surface area contributed by atoms with E-state index in [1.807, 2.05) is 18.2 Å². The van der Waals surface area contributed by atoms with Crippen molar-refractivity contribution in [2.45, 2.75) is 25.3 Å². The number of nitrogens with zero attached hydrogens (tertiary/aromatic N) is 3. The van der Waals surface area contributed by atoms with E-state index in [1.54, 1.807) is 6.20 Å². The number of hydrogen-bond donors (Lipinski definition) is 1. The van der Waals surface area contributed by atoms with Crippen molar-refractivity contribution < 1.29 is 4.79 Å². The molecule has 1 saturated heterocycles. The molecule has 26 heavy (non-hydrogen) atoms. The van der Waals surface area contributed by atoms with Crippen LogP contribution >= 0.6 is 0 Å². The first-order chi connectivity index (χ1) is 12.7. The molecule has 1 aromatic carbocycles. The highest BCUT2D eigenvalue weighted by atomic mass is 16.2. The van der Waals surface area contributed by atoms with Crippen LogP contribution in [-0.2, 0) is 11.3 Å². The summed E-state index contributed by atoms with van der Waals surface area (Å²) >= 11 is 0. The van der Waals surface area contributed by atoms with Gasteiger partial charge in [-0.05, 0) is 30.4 Å². The fraction of sp³-hybridized carbons (Fsp3) is 0.429. The molecule has 1 aliphatic heterocycles. The molecule has 2 aliphatic rings. The Morgan fingerprint density at radius 3 is 2.73 bits per heavy atom. The Kier molecular flexibility index (Phi) is 4.89. The molecule has 5 nitrogen and oxygen atoms in total. The minimum Gasteiger partial charge on any atom is -0.383 e. The third-order valence-electron chi connectivity index (χ3n) is 5.56. The first kappa shape index (κ1) is 17.0. The van der Waals surface area contributed by atoms with Crippen molar-refractivity contribution in [3.63, 3.8) is 0 Å². The molecule has 2 fully saturated rings. The zero-order valence-corrected chi connectivity index (χ0v) is 15.1. The molecule has 4 rings (SSSR count). The van der Waals surface area contributed by atoms with E-state index < -0.39 is 0 Å². The number of carbonyl (C=O) groups excluding carboxylic acids is 1. The number of pyridine rings is 1. The molecule has 2 aromatic rings. The lowest BCUT2D eigenvalue weighted by atomic mass is 10.1. The summed E-state index contributed by atoms with van der Waals surface area (Å²) in [6, 6.07) is 14.4. The summed E-state index contributed by atoms with van der Waals surface area (Å²) in [4.78, 5) is 21.5. The summed E-state index contributed by atoms with van der Waals surface area (Å²) in [5, 5.41) is 0. The molecular formula is C21H26N4O. The lowest BCUT2D eigenvalue weighted by Crippen LogP contribution is -2.36. The number of benzene rings is 1. The third-order valence-corrected chi connectivity index (χ3v) is 5.56. The van der Waals surface area contributed by atoms with Crippen LogP contribution in [0, 0.1) is 5.92 Å². The minimum atomic E-state index is 0.179. The highest BCUT2D eigenvalue weighted by Gasteiger charge is 2.45. The van der Waals surface area contributed by atoms with Crippen molar-refractivity contribution in [3.05, 3.63) is 59.8 Å². The molecule has 136 valence electrons. The zero-order valence-electron chi connectivity index (χ0n) is 15.1. The quantitative estimate of drug-likeness (QED) is 0.920. The Bertz CT molecular complexity index is 764. The fourth-order valence-electron chi connectivity index (χ4n) is 3.95. The molecule has 2 atom stereocenters. The van der Waals surface area contributed by atoms with Gasteiger partial charge in [0.05, 0.1) is 0 Å². The predicted octanol–water partition coefficient (Wildman–Crippen LogP) is 2.50. The normalized spacial score (nSPS) is 23.5. The van der Waals surface area contributed by atoms with Crippen molar-refractivity contribution in [1.29, 1.82) is 0 Å². The molecule has 1 saturated carbocycles. The Labute approximate surface area is 154 Å². The van der Waals surface area contributed by atoms with Crippen LogP contribution in [0.25, 0.3) is 0 Å². The largest absolute Gasteiger partial charge is 0.383 e. The highest BCUT2D eigenvalue weighted by Crippen LogP contribution is 2.48. The van der Waals surface area contributed by atoms with E-state index in [9.17, 15) is 4.79 Å². The standard InChI is InChI=1S/C21H26N4O/c22-20-17(8-4-9-23-20)15-24-10-5-11-25(13-12-24)21(26)19-14-18(19)16-6-2-1-3-7-16/h1-4,6-9,18-19H,5,10-15H2,(H2,22,23)/t18-,19+/m0/s1. The van der Waals surface area contributed by atoms with Crippen LogP contribution in [-0.4, -0.2) is 46.9 Å². The summed E-state index contributed by atoms with van der Waals surface area (Å²) in [6.45, 7) is 4.35. The Morgan fingerprint density at radius 1 is 1.08 bits per heavy atom. The van der Waals surface area contributed by atoms with Crippen LogP contribution in [0.2, 0.25) is 0 Å². The second-order valence-corrected chi connectivity index (χ2v) is 7.36. The van der Waals surface area contributed by atoms with Gasteiger partial charge in [0.25, 0.3) is 0 Å². The van der Waals surface area contributed by atoms with Crippen LogP contribution in [0.3, 0.4) is 0 Å². The maximum atomic E-state index is 12.9. The van der Waals surface area contributed by atoms with Gasteiger partial charge in [-0.2, -0.15) is 0 Å². The average molecular weight is 350 g/mol. The second-order valence-electron chi connectivity index (χ2n) is 7.36. The number of nitrogens with two attached hydrogens (primary N) is 1. The summed E-state index contributed by atoms with van der Waals surface area (Å²) in [6.07, 6.45) is 3.73. The lowest BCUT2D eigenvalue weighted by molar-refractivity contribution is -0.132. The number of rotatable bonds is 4. The maximum absolute atomic E-state index is 12.9. The van der Waals surface area contributed by atoms with Gasteiger partial charge in [-0.15, -0.1) is 0 Å². The number of carbonyl (C=O) groups is 1. The van der Waals surface area contributed by atoms with Gasteiger partial charge in [0, 0.05) is 50.4 Å². The molecule has 2 heterocycles. The van der Waals surface area contributed by atoms with Gasteiger partial charge >= 0.3 is 0 Å². The minimum absolute atomic E-state index is 0.179. The SMILES string of the molecule is Nc1ncccc1CN1CCCN(C(=O)[C@@H]2C[C@H]2c2ccccc2)CC1. The zero-order chi connectivity index (χ0) is 17.9. The topological polar surface area (TPSA) is 62.5 Å². The number of hydrogen-bond acceptors (Lipinski definition) is 4. The van der Waals surface area contributed by atoms with E-state index in [4.69, 9.17) is 5.73 Å². The molecular weight excluding hydrogens is 324 g/mol. The summed E-state index contributed by atoms with van der Waals surface area (Å²) in [7, 11) is 0. The van der Waals surface area contributed by atoms with E-state index in [1.165, 1.54) is 5.56 Å². The molecule has 0 bridgehead atoms. The predicted molar refractivity (Wildman–Crippen MR) is 102 cm³/mol. The smallest absolute Gasteiger partial charge is 0.226 e. The van der Waals surface area contributed by atoms with Crippen LogP contribution in [0.1, 0.15) is 29.9 Å². The van der Waals surface area contributed by atoms with E-state index in [2.05, 4.69) is 39.0 Å². The van der Waals surface area contributed by atoms with Crippen LogP contribution in [0.4, 0.5) is 5.82 Å². The first-order valence-corrected chi connectivity index (χ1v) is 9.48. The monoisotopic (exact) mass is 350 g/mol. The number of anilines is 1. The van der Waals surface area contributed by atoms with Gasteiger partial charge in [-0.25, -0.2) is 4.98 Å². The number of aromatic nitrogens is 1. The molecule has 0 spiro atoms. The van der Waals surface area contributed by atoms with Gasteiger partial charge in [0.15, 0.2) is 0 Å². The van der Waals surface area contributed by atoms with Crippen molar-refractivity contribution in [2.75, 3.05) is 31.9 Å². The molecule has 1 aromatic heterocycles. The number of amides is 1. The molecule has 1 aliphatic carbocycles. The van der Waals surface area contributed by atoms with E-state index in [0.29, 0.717) is 17.6 Å². The van der Waals surface area contributed by atoms with E-state index in [0.717, 1.165) is 51.1 Å². The fourth-order valence-corrected chi connectivity index (χ4v) is 3.95. The van der Waals surface area contributed by atoms with E-state index >= 15 is 0 Å². The number of nitrogen functional groups attached to an aromatic ring is 1. The van der Waals surface area contributed by atoms with Crippen molar-refractivity contribution in [1.82, 2.24) is 14.8 Å². The molecule has 0 unspecified atom stereocenters. The third kappa shape index (κ3) is 3.73. The molecule has 0 radical (unpaired) electrons. The molecule has 1 amide bonds. The van der Waals surface area contributed by atoms with Gasteiger partial charge in [0.2, 0.25) is 5.91 Å². The molecule has 2 N–H and O–H groups in total. The Morgan fingerprint density at radius 2 is 1.92 bits per heavy atom. The first-order valence-electron chi connectivity index (χ1n) is 9.48. The van der Waals surface area contributed by atoms with Crippen molar-refractivity contribution in [2.24, 2.45) is 5.92 Å². The maximum Gasteiger partial charge on any atom is 0.226 e. The van der Waals surface area contributed by atoms with Gasteiger partial charge < -0.3 is 10.6 Å². The summed E-state index contributed by atoms with van der Waals surface area (Å²) in [5.41, 5.74) is 8.34. The Balaban J connectivity index is 1.33. The van der Waals surface area contributed by atoms with Crippen LogP contribution in [0.5, 0.6) is 0 Å². The van der Waals surface area contributed by atoms with Gasteiger partial charge in [-0.3, -0.25) is 9.69 Å². The average Bonchev–Trinajstić information content (AvgIpc) is 3.48. The molecule has 5 heteroatoms. The van der Waals surface area contributed by atoms with Crippen molar-refractivity contribution >= 4 is 11.7 Å². The highest BCUT2D eigenvalue weighted by molar-refractivity contribution is 5.83. The van der Waals surface area contributed by atoms with Gasteiger partial charge in [0.1, 0.15) is 5.82 Å². The lowest BCUT2D eigenvalue weighted by Gasteiger charge is -2.22. The van der Waals surface area contributed by atoms with E-state index in [-0.39, 0.29) is 5.92 Å². The summed E-state index contributed by atoms with van der Waals surface area (Å²) in [5.74, 6) is 1.53.